The second-order valence-corrected chi connectivity index (χ2v) is 5.50. The summed E-state index contributed by atoms with van der Waals surface area (Å²) in [6.45, 7) is 5.15. The van der Waals surface area contributed by atoms with Crippen LogP contribution in [0.3, 0.4) is 0 Å². The quantitative estimate of drug-likeness (QED) is 0.638. The Hall–Kier alpha value is -2.35. The third-order valence-corrected chi connectivity index (χ3v) is 3.69. The van der Waals surface area contributed by atoms with Crippen LogP contribution < -0.4 is 15.5 Å². The molecule has 0 saturated carbocycles. The molecule has 1 saturated heterocycles. The summed E-state index contributed by atoms with van der Waals surface area (Å²) in [6, 6.07) is 2.87. The van der Waals surface area contributed by atoms with Crippen LogP contribution in [0.15, 0.2) is 22.8 Å². The summed E-state index contributed by atoms with van der Waals surface area (Å²) in [5.74, 6) is -0.101. The number of quaternary nitrogens is 1. The lowest BCUT2D eigenvalue weighted by atomic mass is 10.3. The van der Waals surface area contributed by atoms with Gasteiger partial charge in [0.05, 0.1) is 32.4 Å². The molecule has 1 aromatic rings. The minimum atomic E-state index is -0.456. The highest BCUT2D eigenvalue weighted by atomic mass is 16.3. The Labute approximate surface area is 134 Å². The Bertz CT molecular complexity index is 536. The number of urea groups is 1. The summed E-state index contributed by atoms with van der Waals surface area (Å²) < 4.78 is 5.11. The molecule has 0 spiro atoms. The number of piperazine rings is 1. The zero-order valence-electron chi connectivity index (χ0n) is 13.3. The van der Waals surface area contributed by atoms with E-state index in [1.165, 1.54) is 6.26 Å². The highest BCUT2D eigenvalue weighted by Crippen LogP contribution is 2.05. The zero-order chi connectivity index (χ0) is 16.7. The van der Waals surface area contributed by atoms with E-state index >= 15 is 0 Å². The molecule has 1 aromatic heterocycles. The highest BCUT2D eigenvalue weighted by Gasteiger charge is 2.27. The number of carbonyl (C=O) groups excluding carboxylic acids is 3. The molecule has 3 N–H and O–H groups in total. The van der Waals surface area contributed by atoms with Gasteiger partial charge in [0.1, 0.15) is 0 Å². The lowest BCUT2D eigenvalue weighted by molar-refractivity contribution is -0.895. The van der Waals surface area contributed by atoms with Gasteiger partial charge in [-0.15, -0.1) is 0 Å². The van der Waals surface area contributed by atoms with E-state index < -0.39 is 6.03 Å². The molecule has 8 nitrogen and oxygen atoms in total. The fourth-order valence-corrected chi connectivity index (χ4v) is 2.44. The van der Waals surface area contributed by atoms with Crippen LogP contribution in [0.4, 0.5) is 4.79 Å². The van der Waals surface area contributed by atoms with Gasteiger partial charge in [-0.25, -0.2) is 4.79 Å². The van der Waals surface area contributed by atoms with Crippen molar-refractivity contribution >= 4 is 17.8 Å². The van der Waals surface area contributed by atoms with Crippen molar-refractivity contribution in [3.05, 3.63) is 24.2 Å². The van der Waals surface area contributed by atoms with Gasteiger partial charge in [0.15, 0.2) is 12.3 Å². The molecule has 2 heterocycles. The van der Waals surface area contributed by atoms with Crippen LogP contribution in [0, 0.1) is 0 Å². The van der Waals surface area contributed by atoms with Crippen molar-refractivity contribution in [2.24, 2.45) is 0 Å². The second kappa shape index (κ2) is 8.33. The Morgan fingerprint density at radius 3 is 2.65 bits per heavy atom. The standard InChI is InChI=1S/C15H22N4O4/c1-2-5-16-15(22)17-13(20)11-18-6-8-19(9-7-18)14(21)12-4-3-10-23-12/h3-4,10H,2,5-9,11H2,1H3,(H2,16,17,20,22)/p+1. The molecule has 4 amide bonds. The summed E-state index contributed by atoms with van der Waals surface area (Å²) in [6.07, 6.45) is 2.29. The van der Waals surface area contributed by atoms with Gasteiger partial charge in [-0.1, -0.05) is 6.92 Å². The average Bonchev–Trinajstić information content (AvgIpc) is 3.07. The lowest BCUT2D eigenvalue weighted by Gasteiger charge is -2.31. The number of amides is 4. The van der Waals surface area contributed by atoms with Crippen molar-refractivity contribution in [2.45, 2.75) is 13.3 Å². The number of imide groups is 1. The predicted molar refractivity (Wildman–Crippen MR) is 82.0 cm³/mol. The van der Waals surface area contributed by atoms with Crippen LogP contribution in [0.1, 0.15) is 23.9 Å². The number of rotatable bonds is 5. The van der Waals surface area contributed by atoms with Crippen LogP contribution in [0.25, 0.3) is 0 Å². The van der Waals surface area contributed by atoms with Gasteiger partial charge in [0, 0.05) is 6.54 Å². The van der Waals surface area contributed by atoms with Crippen molar-refractivity contribution < 1.29 is 23.7 Å². The van der Waals surface area contributed by atoms with E-state index in [-0.39, 0.29) is 18.4 Å². The van der Waals surface area contributed by atoms with Crippen molar-refractivity contribution in [3.8, 4) is 0 Å². The molecule has 0 aromatic carbocycles. The first-order chi connectivity index (χ1) is 11.1. The van der Waals surface area contributed by atoms with E-state index in [0.717, 1.165) is 11.3 Å². The first kappa shape index (κ1) is 17.0. The summed E-state index contributed by atoms with van der Waals surface area (Å²) >= 11 is 0. The number of hydrogen-bond donors (Lipinski definition) is 3. The average molecular weight is 323 g/mol. The van der Waals surface area contributed by atoms with E-state index in [1.54, 1.807) is 17.0 Å². The summed E-state index contributed by atoms with van der Waals surface area (Å²) in [5.41, 5.74) is 0. The molecule has 1 aliphatic heterocycles. The van der Waals surface area contributed by atoms with Crippen LogP contribution in [0.5, 0.6) is 0 Å². The number of carbonyl (C=O) groups is 3. The third-order valence-electron chi connectivity index (χ3n) is 3.69. The molecule has 2 rings (SSSR count). The summed E-state index contributed by atoms with van der Waals surface area (Å²) in [4.78, 5) is 38.1. The van der Waals surface area contributed by atoms with E-state index in [0.29, 0.717) is 38.5 Å². The van der Waals surface area contributed by atoms with Gasteiger partial charge in [-0.2, -0.15) is 0 Å². The number of nitrogens with one attached hydrogen (secondary N) is 3. The maximum Gasteiger partial charge on any atom is 0.321 e. The fourth-order valence-electron chi connectivity index (χ4n) is 2.44. The Kier molecular flexibility index (Phi) is 6.16. The Balaban J connectivity index is 1.71. The molecular formula is C15H23N4O4+. The SMILES string of the molecule is CCCNC(=O)NC(=O)C[NH+]1CCN(C(=O)c2ccco2)CC1. The highest BCUT2D eigenvalue weighted by molar-refractivity contribution is 5.94. The topological polar surface area (TPSA) is 96.1 Å². The van der Waals surface area contributed by atoms with Gasteiger partial charge in [0.25, 0.3) is 11.8 Å². The first-order valence-corrected chi connectivity index (χ1v) is 7.84. The zero-order valence-corrected chi connectivity index (χ0v) is 13.3. The Morgan fingerprint density at radius 1 is 1.30 bits per heavy atom. The summed E-state index contributed by atoms with van der Waals surface area (Å²) in [7, 11) is 0. The van der Waals surface area contributed by atoms with E-state index in [2.05, 4.69) is 10.6 Å². The molecule has 1 fully saturated rings. The minimum absolute atomic E-state index is 0.127. The van der Waals surface area contributed by atoms with E-state index in [1.807, 2.05) is 6.92 Å². The second-order valence-electron chi connectivity index (χ2n) is 5.50. The van der Waals surface area contributed by atoms with E-state index in [4.69, 9.17) is 4.42 Å². The monoisotopic (exact) mass is 323 g/mol. The molecule has 0 unspecified atom stereocenters. The van der Waals surface area contributed by atoms with Crippen molar-refractivity contribution in [3.63, 3.8) is 0 Å². The number of nitrogens with zero attached hydrogens (tertiary/aromatic N) is 1. The van der Waals surface area contributed by atoms with Crippen molar-refractivity contribution in [1.29, 1.82) is 0 Å². The van der Waals surface area contributed by atoms with Gasteiger partial charge in [0.2, 0.25) is 0 Å². The number of furan rings is 1. The number of hydrogen-bond acceptors (Lipinski definition) is 4. The van der Waals surface area contributed by atoms with Crippen LogP contribution >= 0.6 is 0 Å². The maximum atomic E-state index is 12.1. The van der Waals surface area contributed by atoms with Crippen molar-refractivity contribution in [2.75, 3.05) is 39.3 Å². The maximum absolute atomic E-state index is 12.1. The smallest absolute Gasteiger partial charge is 0.321 e. The Morgan fingerprint density at radius 2 is 2.04 bits per heavy atom. The third kappa shape index (κ3) is 5.10. The van der Waals surface area contributed by atoms with Gasteiger partial charge < -0.3 is 19.5 Å². The van der Waals surface area contributed by atoms with Crippen LogP contribution in [-0.2, 0) is 4.79 Å². The molecule has 126 valence electrons. The normalized spacial score (nSPS) is 15.3. The lowest BCUT2D eigenvalue weighted by Crippen LogP contribution is -3.15. The fraction of sp³-hybridized carbons (Fsp3) is 0.533. The molecule has 23 heavy (non-hydrogen) atoms. The van der Waals surface area contributed by atoms with Gasteiger partial charge in [-0.05, 0) is 18.6 Å². The molecule has 1 aliphatic rings. The van der Waals surface area contributed by atoms with Gasteiger partial charge >= 0.3 is 6.03 Å². The largest absolute Gasteiger partial charge is 0.459 e. The van der Waals surface area contributed by atoms with Crippen LogP contribution in [0.2, 0.25) is 0 Å². The van der Waals surface area contributed by atoms with E-state index in [9.17, 15) is 14.4 Å². The summed E-state index contributed by atoms with van der Waals surface area (Å²) in [5, 5.41) is 4.91. The minimum Gasteiger partial charge on any atom is -0.459 e. The molecule has 0 aliphatic carbocycles. The molecule has 8 heteroatoms. The molecule has 0 bridgehead atoms. The predicted octanol–water partition coefficient (Wildman–Crippen LogP) is -1.14. The van der Waals surface area contributed by atoms with Gasteiger partial charge in [-0.3, -0.25) is 14.9 Å². The molecule has 0 atom stereocenters. The van der Waals surface area contributed by atoms with Crippen molar-refractivity contribution in [1.82, 2.24) is 15.5 Å². The first-order valence-electron chi connectivity index (χ1n) is 7.84. The van der Waals surface area contributed by atoms with Crippen LogP contribution in [-0.4, -0.2) is 62.0 Å². The molecular weight excluding hydrogens is 300 g/mol. The molecule has 0 radical (unpaired) electrons.